The van der Waals surface area contributed by atoms with E-state index in [2.05, 4.69) is 0 Å². The lowest BCUT2D eigenvalue weighted by molar-refractivity contribution is -0.127. The fraction of sp³-hybridized carbons (Fsp3) is 0.900. The van der Waals surface area contributed by atoms with Gasteiger partial charge in [0.05, 0.1) is 6.10 Å². The Morgan fingerprint density at radius 3 is 2.42 bits per heavy atom. The van der Waals surface area contributed by atoms with Crippen molar-refractivity contribution in [2.75, 3.05) is 0 Å². The van der Waals surface area contributed by atoms with Crippen LogP contribution in [-0.4, -0.2) is 17.0 Å². The SMILES string of the molecule is O=C1C[C@H](O)CC12CCCCC2. The molecule has 0 aromatic heterocycles. The third kappa shape index (κ3) is 1.18. The summed E-state index contributed by atoms with van der Waals surface area (Å²) in [6, 6.07) is 0. The molecule has 0 heterocycles. The molecule has 2 rings (SSSR count). The summed E-state index contributed by atoms with van der Waals surface area (Å²) in [7, 11) is 0. The number of carbonyl (C=O) groups excluding carboxylic acids is 1. The van der Waals surface area contributed by atoms with E-state index < -0.39 is 0 Å². The largest absolute Gasteiger partial charge is 0.393 e. The van der Waals surface area contributed by atoms with E-state index in [1.165, 1.54) is 19.3 Å². The Bertz CT molecular complexity index is 192. The van der Waals surface area contributed by atoms with Crippen molar-refractivity contribution in [1.29, 1.82) is 0 Å². The van der Waals surface area contributed by atoms with Gasteiger partial charge in [-0.3, -0.25) is 4.79 Å². The van der Waals surface area contributed by atoms with Crippen molar-refractivity contribution in [1.82, 2.24) is 0 Å². The summed E-state index contributed by atoms with van der Waals surface area (Å²) >= 11 is 0. The smallest absolute Gasteiger partial charge is 0.141 e. The predicted octanol–water partition coefficient (Wildman–Crippen LogP) is 1.66. The van der Waals surface area contributed by atoms with Crippen LogP contribution < -0.4 is 0 Å². The second kappa shape index (κ2) is 2.84. The Morgan fingerprint density at radius 1 is 1.25 bits per heavy atom. The maximum atomic E-state index is 11.6. The lowest BCUT2D eigenvalue weighted by atomic mass is 9.72. The molecule has 0 amide bonds. The number of Topliss-reactive ketones (excluding diaryl/α,β-unsaturated/α-hetero) is 1. The van der Waals surface area contributed by atoms with Crippen molar-refractivity contribution < 1.29 is 9.90 Å². The molecule has 2 heteroatoms. The van der Waals surface area contributed by atoms with E-state index in [9.17, 15) is 9.90 Å². The van der Waals surface area contributed by atoms with E-state index in [1.807, 2.05) is 0 Å². The predicted molar refractivity (Wildman–Crippen MR) is 45.8 cm³/mol. The van der Waals surface area contributed by atoms with Crippen LogP contribution in [0.1, 0.15) is 44.9 Å². The van der Waals surface area contributed by atoms with Gasteiger partial charge in [-0.15, -0.1) is 0 Å². The zero-order chi connectivity index (χ0) is 8.60. The molecule has 12 heavy (non-hydrogen) atoms. The molecule has 2 fully saturated rings. The average Bonchev–Trinajstić information content (AvgIpc) is 2.29. The van der Waals surface area contributed by atoms with E-state index in [0.717, 1.165) is 19.3 Å². The van der Waals surface area contributed by atoms with E-state index >= 15 is 0 Å². The summed E-state index contributed by atoms with van der Waals surface area (Å²) in [6.07, 6.45) is 6.51. The molecule has 0 aromatic rings. The zero-order valence-electron chi connectivity index (χ0n) is 7.38. The van der Waals surface area contributed by atoms with Gasteiger partial charge in [0.1, 0.15) is 5.78 Å². The molecule has 0 aromatic carbocycles. The Balaban J connectivity index is 2.13. The molecular formula is C10H16O2. The van der Waals surface area contributed by atoms with E-state index in [-0.39, 0.29) is 11.5 Å². The van der Waals surface area contributed by atoms with Gasteiger partial charge in [-0.1, -0.05) is 19.3 Å². The average molecular weight is 168 g/mol. The summed E-state index contributed by atoms with van der Waals surface area (Å²) in [5.74, 6) is 0.328. The molecule has 1 atom stereocenters. The maximum absolute atomic E-state index is 11.6. The van der Waals surface area contributed by atoms with Crippen LogP contribution >= 0.6 is 0 Å². The van der Waals surface area contributed by atoms with Gasteiger partial charge in [-0.25, -0.2) is 0 Å². The molecule has 2 aliphatic rings. The van der Waals surface area contributed by atoms with Gasteiger partial charge in [-0.2, -0.15) is 0 Å². The first-order valence-corrected chi connectivity index (χ1v) is 4.94. The van der Waals surface area contributed by atoms with Gasteiger partial charge in [0, 0.05) is 11.8 Å². The molecule has 2 saturated carbocycles. The normalized spacial score (nSPS) is 34.4. The van der Waals surface area contributed by atoms with Crippen LogP contribution in [0.15, 0.2) is 0 Å². The van der Waals surface area contributed by atoms with Crippen LogP contribution in [0.2, 0.25) is 0 Å². The van der Waals surface area contributed by atoms with Crippen LogP contribution in [0.4, 0.5) is 0 Å². The number of hydrogen-bond donors (Lipinski definition) is 1. The Hall–Kier alpha value is -0.370. The lowest BCUT2D eigenvalue weighted by Gasteiger charge is -2.31. The Morgan fingerprint density at radius 2 is 1.92 bits per heavy atom. The maximum Gasteiger partial charge on any atom is 0.141 e. The van der Waals surface area contributed by atoms with E-state index in [0.29, 0.717) is 12.2 Å². The minimum absolute atomic E-state index is 0.0856. The van der Waals surface area contributed by atoms with Crippen molar-refractivity contribution in [3.8, 4) is 0 Å². The van der Waals surface area contributed by atoms with E-state index in [4.69, 9.17) is 0 Å². The topological polar surface area (TPSA) is 37.3 Å². The molecular weight excluding hydrogens is 152 g/mol. The van der Waals surface area contributed by atoms with Crippen molar-refractivity contribution in [3.05, 3.63) is 0 Å². The van der Waals surface area contributed by atoms with Crippen molar-refractivity contribution >= 4 is 5.78 Å². The van der Waals surface area contributed by atoms with Crippen LogP contribution in [0.3, 0.4) is 0 Å². The van der Waals surface area contributed by atoms with E-state index in [1.54, 1.807) is 0 Å². The highest BCUT2D eigenvalue weighted by atomic mass is 16.3. The van der Waals surface area contributed by atoms with Crippen LogP contribution in [0, 0.1) is 5.41 Å². The second-order valence-electron chi connectivity index (χ2n) is 4.33. The number of rotatable bonds is 0. The minimum atomic E-state index is -0.337. The highest BCUT2D eigenvalue weighted by Crippen LogP contribution is 2.46. The van der Waals surface area contributed by atoms with Crippen LogP contribution in [-0.2, 0) is 4.79 Å². The summed E-state index contributed by atoms with van der Waals surface area (Å²) in [5.41, 5.74) is -0.0856. The molecule has 2 nitrogen and oxygen atoms in total. The quantitative estimate of drug-likeness (QED) is 0.597. The molecule has 0 unspecified atom stereocenters. The third-order valence-electron chi connectivity index (χ3n) is 3.45. The molecule has 0 saturated heterocycles. The third-order valence-corrected chi connectivity index (χ3v) is 3.45. The number of carbonyl (C=O) groups is 1. The first-order chi connectivity index (χ1) is 5.73. The van der Waals surface area contributed by atoms with Crippen molar-refractivity contribution in [2.45, 2.75) is 51.0 Å². The van der Waals surface area contributed by atoms with Crippen LogP contribution in [0.25, 0.3) is 0 Å². The first kappa shape index (κ1) is 8.24. The summed E-state index contributed by atoms with van der Waals surface area (Å²) in [5, 5.41) is 9.40. The van der Waals surface area contributed by atoms with Gasteiger partial charge in [0.15, 0.2) is 0 Å². The standard InChI is InChI=1S/C10H16O2/c11-8-6-9(12)10(7-8)4-2-1-3-5-10/h8,11H,1-7H2/t8-/m0/s1. The molecule has 0 bridgehead atoms. The minimum Gasteiger partial charge on any atom is -0.393 e. The molecule has 1 N–H and O–H groups in total. The summed E-state index contributed by atoms with van der Waals surface area (Å²) < 4.78 is 0. The molecule has 68 valence electrons. The van der Waals surface area contributed by atoms with Gasteiger partial charge in [0.25, 0.3) is 0 Å². The first-order valence-electron chi connectivity index (χ1n) is 4.94. The van der Waals surface area contributed by atoms with Crippen molar-refractivity contribution in [3.63, 3.8) is 0 Å². The highest BCUT2D eigenvalue weighted by molar-refractivity contribution is 5.87. The molecule has 0 radical (unpaired) electrons. The van der Waals surface area contributed by atoms with Gasteiger partial charge in [0.2, 0.25) is 0 Å². The van der Waals surface area contributed by atoms with Gasteiger partial charge < -0.3 is 5.11 Å². The fourth-order valence-corrected chi connectivity index (χ4v) is 2.78. The highest BCUT2D eigenvalue weighted by Gasteiger charge is 2.46. The lowest BCUT2D eigenvalue weighted by Crippen LogP contribution is -2.28. The number of ketones is 1. The number of aliphatic hydroxyl groups excluding tert-OH is 1. The van der Waals surface area contributed by atoms with Gasteiger partial charge in [-0.05, 0) is 19.3 Å². The summed E-state index contributed by atoms with van der Waals surface area (Å²) in [4.78, 5) is 11.6. The van der Waals surface area contributed by atoms with Crippen molar-refractivity contribution in [2.24, 2.45) is 5.41 Å². The fourth-order valence-electron chi connectivity index (χ4n) is 2.78. The number of hydrogen-bond acceptors (Lipinski definition) is 2. The molecule has 2 aliphatic carbocycles. The monoisotopic (exact) mass is 168 g/mol. The molecule has 0 aliphatic heterocycles. The molecule has 1 spiro atoms. The van der Waals surface area contributed by atoms with Gasteiger partial charge >= 0.3 is 0 Å². The zero-order valence-corrected chi connectivity index (χ0v) is 7.38. The Kier molecular flexibility index (Phi) is 1.95. The summed E-state index contributed by atoms with van der Waals surface area (Å²) in [6.45, 7) is 0. The number of aliphatic hydroxyl groups is 1. The Labute approximate surface area is 73.0 Å². The second-order valence-corrected chi connectivity index (χ2v) is 4.33. The van der Waals surface area contributed by atoms with Crippen LogP contribution in [0.5, 0.6) is 0 Å².